The Hall–Kier alpha value is -1.30. The van der Waals surface area contributed by atoms with Gasteiger partial charge in [0.2, 0.25) is 10.0 Å². The van der Waals surface area contributed by atoms with Crippen molar-refractivity contribution in [3.63, 3.8) is 0 Å². The van der Waals surface area contributed by atoms with Gasteiger partial charge in [-0.25, -0.2) is 13.1 Å². The zero-order valence-corrected chi connectivity index (χ0v) is 11.9. The van der Waals surface area contributed by atoms with Gasteiger partial charge in [0.15, 0.2) is 0 Å². The summed E-state index contributed by atoms with van der Waals surface area (Å²) < 4.78 is 28.5. The van der Waals surface area contributed by atoms with E-state index in [2.05, 4.69) is 4.72 Å². The Morgan fingerprint density at radius 3 is 2.37 bits per heavy atom. The quantitative estimate of drug-likeness (QED) is 0.833. The van der Waals surface area contributed by atoms with Crippen LogP contribution in [0.5, 0.6) is 0 Å². The highest BCUT2D eigenvalue weighted by Crippen LogP contribution is 2.13. The number of hydrogen-bond acceptors (Lipinski definition) is 2. The molecule has 2 aromatic rings. The van der Waals surface area contributed by atoms with Crippen LogP contribution < -0.4 is 4.72 Å². The SMILES string of the molecule is O=S(=O)(NCCCn1cccc1)c1ccc(Cl)cc1. The maximum absolute atomic E-state index is 11.9. The Balaban J connectivity index is 1.86. The molecule has 1 aromatic heterocycles. The van der Waals surface area contributed by atoms with Crippen LogP contribution in [-0.2, 0) is 16.6 Å². The average molecular weight is 299 g/mol. The molecule has 102 valence electrons. The number of hydrogen-bond donors (Lipinski definition) is 1. The van der Waals surface area contributed by atoms with Crippen LogP contribution >= 0.6 is 11.6 Å². The molecular formula is C13H15ClN2O2S. The summed E-state index contributed by atoms with van der Waals surface area (Å²) >= 11 is 5.73. The third-order valence-corrected chi connectivity index (χ3v) is 4.40. The van der Waals surface area contributed by atoms with Crippen LogP contribution in [0.4, 0.5) is 0 Å². The van der Waals surface area contributed by atoms with E-state index in [4.69, 9.17) is 11.6 Å². The summed E-state index contributed by atoms with van der Waals surface area (Å²) in [5.74, 6) is 0. The molecule has 0 saturated carbocycles. The lowest BCUT2D eigenvalue weighted by molar-refractivity contribution is 0.570. The van der Waals surface area contributed by atoms with E-state index in [9.17, 15) is 8.42 Å². The summed E-state index contributed by atoms with van der Waals surface area (Å²) in [6.07, 6.45) is 4.64. The predicted octanol–water partition coefficient (Wildman–Crippen LogP) is 2.51. The molecule has 0 aliphatic heterocycles. The number of aryl methyl sites for hydroxylation is 1. The first-order valence-electron chi connectivity index (χ1n) is 5.94. The van der Waals surface area contributed by atoms with Crippen molar-refractivity contribution >= 4 is 21.6 Å². The standard InChI is InChI=1S/C13H15ClN2O2S/c14-12-4-6-13(7-5-12)19(17,18)15-8-3-11-16-9-1-2-10-16/h1-2,4-7,9-10,15H,3,8,11H2. The fourth-order valence-electron chi connectivity index (χ4n) is 1.68. The molecule has 1 heterocycles. The Morgan fingerprint density at radius 1 is 1.11 bits per heavy atom. The zero-order valence-electron chi connectivity index (χ0n) is 10.3. The van der Waals surface area contributed by atoms with E-state index in [0.717, 1.165) is 13.0 Å². The lowest BCUT2D eigenvalue weighted by atomic mass is 10.4. The van der Waals surface area contributed by atoms with E-state index in [-0.39, 0.29) is 4.90 Å². The summed E-state index contributed by atoms with van der Waals surface area (Å²) in [4.78, 5) is 0.234. The summed E-state index contributed by atoms with van der Waals surface area (Å²) in [5.41, 5.74) is 0. The minimum Gasteiger partial charge on any atom is -0.354 e. The van der Waals surface area contributed by atoms with Crippen molar-refractivity contribution in [3.05, 3.63) is 53.8 Å². The monoisotopic (exact) mass is 298 g/mol. The number of rotatable bonds is 6. The third kappa shape index (κ3) is 4.09. The van der Waals surface area contributed by atoms with Crippen LogP contribution in [0.15, 0.2) is 53.7 Å². The molecule has 0 unspecified atom stereocenters. The number of aromatic nitrogens is 1. The van der Waals surface area contributed by atoms with Gasteiger partial charge < -0.3 is 4.57 Å². The van der Waals surface area contributed by atoms with Crippen molar-refractivity contribution in [3.8, 4) is 0 Å². The largest absolute Gasteiger partial charge is 0.354 e. The fraction of sp³-hybridized carbons (Fsp3) is 0.231. The van der Waals surface area contributed by atoms with Crippen LogP contribution in [-0.4, -0.2) is 19.5 Å². The topological polar surface area (TPSA) is 51.1 Å². The smallest absolute Gasteiger partial charge is 0.240 e. The van der Waals surface area contributed by atoms with Crippen LogP contribution in [0.3, 0.4) is 0 Å². The Labute approximate surface area is 118 Å². The van der Waals surface area contributed by atoms with Gasteiger partial charge in [-0.3, -0.25) is 0 Å². The second-order valence-electron chi connectivity index (χ2n) is 4.13. The highest BCUT2D eigenvalue weighted by atomic mass is 35.5. The molecule has 0 radical (unpaired) electrons. The summed E-state index contributed by atoms with van der Waals surface area (Å²) in [7, 11) is -3.44. The van der Waals surface area contributed by atoms with Crippen molar-refractivity contribution in [1.82, 2.24) is 9.29 Å². The Morgan fingerprint density at radius 2 is 1.74 bits per heavy atom. The predicted molar refractivity (Wildman–Crippen MR) is 75.7 cm³/mol. The highest BCUT2D eigenvalue weighted by molar-refractivity contribution is 7.89. The number of sulfonamides is 1. The van der Waals surface area contributed by atoms with Crippen LogP contribution in [0.2, 0.25) is 5.02 Å². The summed E-state index contributed by atoms with van der Waals surface area (Å²) in [5, 5.41) is 0.520. The van der Waals surface area contributed by atoms with Gasteiger partial charge in [0.05, 0.1) is 4.90 Å². The van der Waals surface area contributed by atoms with E-state index >= 15 is 0 Å². The molecule has 0 atom stereocenters. The van der Waals surface area contributed by atoms with E-state index in [1.54, 1.807) is 12.1 Å². The number of nitrogens with zero attached hydrogens (tertiary/aromatic N) is 1. The molecule has 0 saturated heterocycles. The van der Waals surface area contributed by atoms with Crippen LogP contribution in [0.1, 0.15) is 6.42 Å². The van der Waals surface area contributed by atoms with Gasteiger partial charge in [-0.2, -0.15) is 0 Å². The normalized spacial score (nSPS) is 11.6. The summed E-state index contributed by atoms with van der Waals surface area (Å²) in [6.45, 7) is 1.19. The molecule has 1 N–H and O–H groups in total. The van der Waals surface area contributed by atoms with Gasteiger partial charge >= 0.3 is 0 Å². The molecule has 0 amide bonds. The van der Waals surface area contributed by atoms with Crippen molar-refractivity contribution in [2.45, 2.75) is 17.9 Å². The number of halogens is 1. The van der Waals surface area contributed by atoms with Crippen molar-refractivity contribution in [2.75, 3.05) is 6.54 Å². The Bertz CT molecular complexity index is 607. The van der Waals surface area contributed by atoms with Gasteiger partial charge in [-0.05, 0) is 42.8 Å². The minimum absolute atomic E-state index is 0.234. The lowest BCUT2D eigenvalue weighted by Gasteiger charge is -2.07. The molecule has 0 fully saturated rings. The van der Waals surface area contributed by atoms with Crippen molar-refractivity contribution in [1.29, 1.82) is 0 Å². The van der Waals surface area contributed by atoms with Crippen molar-refractivity contribution < 1.29 is 8.42 Å². The first-order valence-corrected chi connectivity index (χ1v) is 7.80. The average Bonchev–Trinajstić information content (AvgIpc) is 2.88. The van der Waals surface area contributed by atoms with Gasteiger partial charge in [-0.15, -0.1) is 0 Å². The molecule has 0 spiro atoms. The lowest BCUT2D eigenvalue weighted by Crippen LogP contribution is -2.25. The van der Waals surface area contributed by atoms with Gasteiger partial charge in [0.1, 0.15) is 0 Å². The minimum atomic E-state index is -3.44. The molecule has 4 nitrogen and oxygen atoms in total. The van der Waals surface area contributed by atoms with Gasteiger partial charge in [0.25, 0.3) is 0 Å². The second-order valence-corrected chi connectivity index (χ2v) is 6.33. The van der Waals surface area contributed by atoms with E-state index in [1.165, 1.54) is 12.1 Å². The van der Waals surface area contributed by atoms with Gasteiger partial charge in [-0.1, -0.05) is 11.6 Å². The van der Waals surface area contributed by atoms with Crippen LogP contribution in [0.25, 0.3) is 0 Å². The Kier molecular flexibility index (Phi) is 4.63. The van der Waals surface area contributed by atoms with Gasteiger partial charge in [0, 0.05) is 30.5 Å². The first-order chi connectivity index (χ1) is 9.08. The maximum Gasteiger partial charge on any atom is 0.240 e. The van der Waals surface area contributed by atoms with Crippen LogP contribution in [0, 0.1) is 0 Å². The first kappa shape index (κ1) is 14.1. The molecule has 0 aliphatic carbocycles. The molecule has 0 aliphatic rings. The van der Waals surface area contributed by atoms with E-state index in [0.29, 0.717) is 11.6 Å². The highest BCUT2D eigenvalue weighted by Gasteiger charge is 2.12. The molecule has 1 aromatic carbocycles. The molecule has 0 bridgehead atoms. The molecule has 19 heavy (non-hydrogen) atoms. The van der Waals surface area contributed by atoms with E-state index < -0.39 is 10.0 Å². The summed E-state index contributed by atoms with van der Waals surface area (Å²) in [6, 6.07) is 10.0. The molecular weight excluding hydrogens is 284 g/mol. The van der Waals surface area contributed by atoms with Crippen molar-refractivity contribution in [2.24, 2.45) is 0 Å². The maximum atomic E-state index is 11.9. The fourth-order valence-corrected chi connectivity index (χ4v) is 2.88. The zero-order chi connectivity index (χ0) is 13.7. The number of nitrogens with one attached hydrogen (secondary N) is 1. The third-order valence-electron chi connectivity index (χ3n) is 2.68. The van der Waals surface area contributed by atoms with E-state index in [1.807, 2.05) is 29.1 Å². The second kappa shape index (κ2) is 6.23. The molecule has 6 heteroatoms. The molecule has 2 rings (SSSR count). The number of benzene rings is 1.